The van der Waals surface area contributed by atoms with Crippen LogP contribution >= 0.6 is 0 Å². The van der Waals surface area contributed by atoms with Gasteiger partial charge >= 0.3 is 0 Å². The van der Waals surface area contributed by atoms with Crippen molar-refractivity contribution in [3.63, 3.8) is 0 Å². The van der Waals surface area contributed by atoms with Gasteiger partial charge in [0.1, 0.15) is 0 Å². The maximum Gasteiger partial charge on any atom is 0.161 e. The third kappa shape index (κ3) is 5.46. The lowest BCUT2D eigenvalue weighted by Gasteiger charge is -2.13. The summed E-state index contributed by atoms with van der Waals surface area (Å²) >= 11 is 0. The highest BCUT2D eigenvalue weighted by Gasteiger charge is 2.06. The van der Waals surface area contributed by atoms with Gasteiger partial charge in [0.2, 0.25) is 0 Å². The maximum atomic E-state index is 9.52. The molecular weight excluding hydrogens is 246 g/mol. The molecule has 0 radical (unpaired) electrons. The third-order valence-corrected chi connectivity index (χ3v) is 2.60. The lowest BCUT2D eigenvalue weighted by Crippen LogP contribution is -2.29. The van der Waals surface area contributed by atoms with E-state index in [9.17, 15) is 5.11 Å². The van der Waals surface area contributed by atoms with Gasteiger partial charge in [0.05, 0.1) is 26.4 Å². The number of aliphatic hydroxyl groups is 1. The lowest BCUT2D eigenvalue weighted by molar-refractivity contribution is 0.0644. The summed E-state index contributed by atoms with van der Waals surface area (Å²) in [7, 11) is 3.19. The number of ether oxygens (including phenoxy) is 3. The van der Waals surface area contributed by atoms with Gasteiger partial charge in [-0.25, -0.2) is 0 Å². The Morgan fingerprint density at radius 2 is 2.05 bits per heavy atom. The summed E-state index contributed by atoms with van der Waals surface area (Å²) in [6.07, 6.45) is -0.491. The molecule has 1 aromatic carbocycles. The van der Waals surface area contributed by atoms with Crippen LogP contribution in [-0.2, 0) is 11.3 Å². The zero-order chi connectivity index (χ0) is 14.1. The van der Waals surface area contributed by atoms with Gasteiger partial charge in [0.15, 0.2) is 11.5 Å². The van der Waals surface area contributed by atoms with Crippen molar-refractivity contribution in [3.05, 3.63) is 23.8 Å². The fourth-order valence-electron chi connectivity index (χ4n) is 1.73. The molecule has 1 rings (SSSR count). The molecule has 0 bridgehead atoms. The summed E-state index contributed by atoms with van der Waals surface area (Å²) in [5.74, 6) is 1.46. The van der Waals surface area contributed by atoms with Crippen molar-refractivity contribution < 1.29 is 19.3 Å². The number of methoxy groups -OCH3 is 2. The van der Waals surface area contributed by atoms with Crippen LogP contribution in [0.1, 0.15) is 12.5 Å². The van der Waals surface area contributed by atoms with E-state index in [2.05, 4.69) is 5.32 Å². The van der Waals surface area contributed by atoms with Crippen molar-refractivity contribution in [2.45, 2.75) is 19.6 Å². The highest BCUT2D eigenvalue weighted by Crippen LogP contribution is 2.27. The number of rotatable bonds is 9. The van der Waals surface area contributed by atoms with Gasteiger partial charge in [-0.15, -0.1) is 0 Å². The van der Waals surface area contributed by atoms with E-state index in [1.807, 2.05) is 25.1 Å². The van der Waals surface area contributed by atoms with Crippen molar-refractivity contribution >= 4 is 0 Å². The fraction of sp³-hybridized carbons (Fsp3) is 0.571. The lowest BCUT2D eigenvalue weighted by atomic mass is 10.2. The highest BCUT2D eigenvalue weighted by molar-refractivity contribution is 5.42. The highest BCUT2D eigenvalue weighted by atomic mass is 16.5. The molecule has 0 spiro atoms. The number of aliphatic hydroxyl groups excluding tert-OH is 1. The summed E-state index contributed by atoms with van der Waals surface area (Å²) in [5.41, 5.74) is 1.08. The Morgan fingerprint density at radius 3 is 2.68 bits per heavy atom. The molecule has 0 amide bonds. The summed E-state index contributed by atoms with van der Waals surface area (Å²) in [5, 5.41) is 12.7. The smallest absolute Gasteiger partial charge is 0.161 e. The molecule has 1 aromatic rings. The minimum absolute atomic E-state index is 0.333. The number of benzene rings is 1. The third-order valence-electron chi connectivity index (χ3n) is 2.60. The Morgan fingerprint density at radius 1 is 1.26 bits per heavy atom. The molecule has 0 saturated heterocycles. The van der Waals surface area contributed by atoms with Crippen LogP contribution in [0.2, 0.25) is 0 Å². The molecule has 1 unspecified atom stereocenters. The standard InChI is InChI=1S/C14H23NO4/c1-4-19-14-7-11(5-6-13(14)18-3)8-15-9-12(16)10-17-2/h5-7,12,15-16H,4,8-10H2,1-3H3. The van der Waals surface area contributed by atoms with Crippen LogP contribution in [0.25, 0.3) is 0 Å². The average molecular weight is 269 g/mol. The quantitative estimate of drug-likeness (QED) is 0.705. The van der Waals surface area contributed by atoms with Crippen molar-refractivity contribution in [2.24, 2.45) is 0 Å². The molecule has 0 heterocycles. The van der Waals surface area contributed by atoms with Crippen molar-refractivity contribution in [2.75, 3.05) is 34.0 Å². The van der Waals surface area contributed by atoms with Crippen LogP contribution in [0, 0.1) is 0 Å². The molecule has 1 atom stereocenters. The second-order valence-corrected chi connectivity index (χ2v) is 4.16. The topological polar surface area (TPSA) is 60.0 Å². The molecule has 0 aliphatic rings. The van der Waals surface area contributed by atoms with Crippen LogP contribution in [0.4, 0.5) is 0 Å². The Kier molecular flexibility index (Phi) is 7.25. The van der Waals surface area contributed by atoms with E-state index >= 15 is 0 Å². The zero-order valence-corrected chi connectivity index (χ0v) is 11.8. The molecule has 108 valence electrons. The molecule has 0 fully saturated rings. The van der Waals surface area contributed by atoms with Gasteiger partial charge in [0.25, 0.3) is 0 Å². The Balaban J connectivity index is 2.52. The van der Waals surface area contributed by atoms with E-state index in [1.54, 1.807) is 14.2 Å². The number of hydrogen-bond donors (Lipinski definition) is 2. The van der Waals surface area contributed by atoms with Crippen molar-refractivity contribution in [1.29, 1.82) is 0 Å². The van der Waals surface area contributed by atoms with E-state index < -0.39 is 6.10 Å². The average Bonchev–Trinajstić information content (AvgIpc) is 2.40. The van der Waals surface area contributed by atoms with E-state index in [0.29, 0.717) is 26.3 Å². The predicted molar refractivity (Wildman–Crippen MR) is 73.8 cm³/mol. The molecule has 5 heteroatoms. The van der Waals surface area contributed by atoms with Crippen LogP contribution in [-0.4, -0.2) is 45.2 Å². The van der Waals surface area contributed by atoms with E-state index in [1.165, 1.54) is 0 Å². The van der Waals surface area contributed by atoms with Gasteiger partial charge in [-0.2, -0.15) is 0 Å². The van der Waals surface area contributed by atoms with Gasteiger partial charge < -0.3 is 24.6 Å². The molecule has 5 nitrogen and oxygen atoms in total. The van der Waals surface area contributed by atoms with E-state index in [-0.39, 0.29) is 0 Å². The van der Waals surface area contributed by atoms with Crippen molar-refractivity contribution in [3.8, 4) is 11.5 Å². The Labute approximate surface area is 114 Å². The fourth-order valence-corrected chi connectivity index (χ4v) is 1.73. The summed E-state index contributed by atoms with van der Waals surface area (Å²) in [4.78, 5) is 0. The molecular formula is C14H23NO4. The number of hydrogen-bond acceptors (Lipinski definition) is 5. The molecule has 0 aliphatic heterocycles. The molecule has 2 N–H and O–H groups in total. The van der Waals surface area contributed by atoms with Gasteiger partial charge in [-0.05, 0) is 24.6 Å². The molecule has 0 saturated carbocycles. The first-order valence-corrected chi connectivity index (χ1v) is 6.38. The van der Waals surface area contributed by atoms with E-state index in [0.717, 1.165) is 17.1 Å². The van der Waals surface area contributed by atoms with Gasteiger partial charge in [-0.3, -0.25) is 0 Å². The minimum Gasteiger partial charge on any atom is -0.493 e. The first kappa shape index (κ1) is 15.8. The largest absolute Gasteiger partial charge is 0.493 e. The first-order valence-electron chi connectivity index (χ1n) is 6.38. The summed E-state index contributed by atoms with van der Waals surface area (Å²) in [6.45, 7) is 4.01. The second-order valence-electron chi connectivity index (χ2n) is 4.16. The molecule has 0 aromatic heterocycles. The van der Waals surface area contributed by atoms with Crippen LogP contribution in [0.3, 0.4) is 0 Å². The number of nitrogens with one attached hydrogen (secondary N) is 1. The minimum atomic E-state index is -0.491. The first-order chi connectivity index (χ1) is 9.21. The maximum absolute atomic E-state index is 9.52. The summed E-state index contributed by atoms with van der Waals surface area (Å²) in [6, 6.07) is 5.79. The predicted octanol–water partition coefficient (Wildman–Crippen LogP) is 1.19. The molecule has 0 aliphatic carbocycles. The SMILES string of the molecule is CCOc1cc(CNCC(O)COC)ccc1OC. The zero-order valence-electron chi connectivity index (χ0n) is 11.8. The van der Waals surface area contributed by atoms with Crippen LogP contribution < -0.4 is 14.8 Å². The van der Waals surface area contributed by atoms with Crippen LogP contribution in [0.15, 0.2) is 18.2 Å². The second kappa shape index (κ2) is 8.74. The Bertz CT molecular complexity index is 370. The van der Waals surface area contributed by atoms with Gasteiger partial charge in [0, 0.05) is 20.2 Å². The molecule has 19 heavy (non-hydrogen) atoms. The summed E-state index contributed by atoms with van der Waals surface area (Å²) < 4.78 is 15.6. The normalized spacial score (nSPS) is 12.2. The van der Waals surface area contributed by atoms with Crippen LogP contribution in [0.5, 0.6) is 11.5 Å². The Hall–Kier alpha value is -1.30. The van der Waals surface area contributed by atoms with Crippen molar-refractivity contribution in [1.82, 2.24) is 5.32 Å². The van der Waals surface area contributed by atoms with Gasteiger partial charge in [-0.1, -0.05) is 6.07 Å². The van der Waals surface area contributed by atoms with E-state index in [4.69, 9.17) is 14.2 Å². The monoisotopic (exact) mass is 269 g/mol.